The van der Waals surface area contributed by atoms with Gasteiger partial charge in [-0.15, -0.1) is 0 Å². The molecular formula is C16H16N4O6. The number of hydrogen-bond donors (Lipinski definition) is 2. The van der Waals surface area contributed by atoms with E-state index in [2.05, 4.69) is 5.10 Å². The molecule has 0 bridgehead atoms. The predicted octanol–water partition coefficient (Wildman–Crippen LogP) is 0.832. The smallest absolute Gasteiger partial charge is 0.335 e. The normalized spacial score (nSPS) is 16.3. The number of hydrogen-bond acceptors (Lipinski definition) is 6. The van der Waals surface area contributed by atoms with Gasteiger partial charge in [-0.1, -0.05) is 0 Å². The Morgan fingerprint density at radius 3 is 2.35 bits per heavy atom. The maximum absolute atomic E-state index is 12.5. The Morgan fingerprint density at radius 1 is 1.19 bits per heavy atom. The fraction of sp³-hybridized carbons (Fsp3) is 0.312. The number of non-ortho nitro benzene ring substituents is 1. The number of aliphatic hydroxyl groups is 1. The number of nitrogens with zero attached hydrogens (tertiary/aromatic N) is 4. The number of piperidine rings is 1. The predicted molar refractivity (Wildman–Crippen MR) is 87.9 cm³/mol. The summed E-state index contributed by atoms with van der Waals surface area (Å²) in [6, 6.07) is 5.73. The standard InChI is InChI=1S/C16H16N4O6/c21-14(18-7-5-16(24,6-8-18)15(22)23)11-9-17-19(10-11)12-1-3-13(4-2-12)20(25)26/h1-4,9-10,24H,5-8H2,(H,22,23). The number of amides is 1. The molecule has 0 radical (unpaired) electrons. The summed E-state index contributed by atoms with van der Waals surface area (Å²) in [5, 5.41) is 33.7. The number of aliphatic carboxylic acids is 1. The third kappa shape index (κ3) is 3.26. The number of carboxylic acid groups (broad SMARTS) is 1. The first-order chi connectivity index (χ1) is 12.3. The molecule has 0 atom stereocenters. The van der Waals surface area contributed by atoms with Crippen molar-refractivity contribution in [3.8, 4) is 5.69 Å². The fourth-order valence-electron chi connectivity index (χ4n) is 2.78. The van der Waals surface area contributed by atoms with Crippen LogP contribution in [0.4, 0.5) is 5.69 Å². The molecule has 2 N–H and O–H groups in total. The molecule has 1 aliphatic rings. The van der Waals surface area contributed by atoms with Crippen LogP contribution in [0.5, 0.6) is 0 Å². The number of rotatable bonds is 4. The first-order valence-electron chi connectivity index (χ1n) is 7.85. The largest absolute Gasteiger partial charge is 0.479 e. The van der Waals surface area contributed by atoms with Crippen LogP contribution in [0.25, 0.3) is 5.69 Å². The minimum Gasteiger partial charge on any atom is -0.479 e. The first-order valence-corrected chi connectivity index (χ1v) is 7.85. The summed E-state index contributed by atoms with van der Waals surface area (Å²) in [5.74, 6) is -1.60. The highest BCUT2D eigenvalue weighted by Crippen LogP contribution is 2.24. The maximum atomic E-state index is 12.5. The van der Waals surface area contributed by atoms with E-state index < -0.39 is 16.5 Å². The molecule has 3 rings (SSSR count). The number of nitro benzene ring substituents is 1. The molecule has 1 aromatic carbocycles. The van der Waals surface area contributed by atoms with Crippen LogP contribution in [-0.4, -0.2) is 60.4 Å². The molecule has 10 heteroatoms. The van der Waals surface area contributed by atoms with Crippen molar-refractivity contribution < 1.29 is 24.7 Å². The zero-order chi connectivity index (χ0) is 18.9. The van der Waals surface area contributed by atoms with E-state index in [4.69, 9.17) is 5.11 Å². The van der Waals surface area contributed by atoms with Crippen LogP contribution in [0, 0.1) is 10.1 Å². The number of nitro groups is 1. The van der Waals surface area contributed by atoms with Gasteiger partial charge in [0, 0.05) is 44.3 Å². The highest BCUT2D eigenvalue weighted by atomic mass is 16.6. The van der Waals surface area contributed by atoms with Crippen molar-refractivity contribution in [2.45, 2.75) is 18.4 Å². The van der Waals surface area contributed by atoms with E-state index in [0.717, 1.165) is 0 Å². The SMILES string of the molecule is O=C(c1cnn(-c2ccc([N+](=O)[O-])cc2)c1)N1CCC(O)(C(=O)O)CC1. The molecule has 0 saturated carbocycles. The minimum absolute atomic E-state index is 0.0371. The number of aromatic nitrogens is 2. The van der Waals surface area contributed by atoms with Crippen molar-refractivity contribution in [1.29, 1.82) is 0 Å². The highest BCUT2D eigenvalue weighted by Gasteiger charge is 2.40. The Morgan fingerprint density at radius 2 is 1.81 bits per heavy atom. The van der Waals surface area contributed by atoms with Gasteiger partial charge in [0.15, 0.2) is 5.60 Å². The number of carbonyl (C=O) groups is 2. The molecule has 0 unspecified atom stereocenters. The quantitative estimate of drug-likeness (QED) is 0.608. The molecule has 1 aliphatic heterocycles. The van der Waals surface area contributed by atoms with Gasteiger partial charge in [-0.2, -0.15) is 5.10 Å². The Bertz CT molecular complexity index is 852. The molecule has 10 nitrogen and oxygen atoms in total. The van der Waals surface area contributed by atoms with Gasteiger partial charge in [0.25, 0.3) is 11.6 Å². The van der Waals surface area contributed by atoms with Crippen LogP contribution in [-0.2, 0) is 4.79 Å². The minimum atomic E-state index is -1.79. The van der Waals surface area contributed by atoms with Gasteiger partial charge in [-0.3, -0.25) is 14.9 Å². The van der Waals surface area contributed by atoms with E-state index in [1.165, 1.54) is 46.2 Å². The van der Waals surface area contributed by atoms with Gasteiger partial charge in [-0.05, 0) is 12.1 Å². The lowest BCUT2D eigenvalue weighted by molar-refractivity contribution is -0.384. The molecule has 0 spiro atoms. The molecule has 0 aliphatic carbocycles. The lowest BCUT2D eigenvalue weighted by Crippen LogP contribution is -2.50. The van der Waals surface area contributed by atoms with Gasteiger partial charge in [0.2, 0.25) is 0 Å². The van der Waals surface area contributed by atoms with Crippen LogP contribution < -0.4 is 0 Å². The molecule has 1 aromatic heterocycles. The zero-order valence-corrected chi connectivity index (χ0v) is 13.6. The van der Waals surface area contributed by atoms with Gasteiger partial charge in [0.05, 0.1) is 22.4 Å². The van der Waals surface area contributed by atoms with Gasteiger partial charge in [0.1, 0.15) is 0 Å². The van der Waals surface area contributed by atoms with Gasteiger partial charge < -0.3 is 15.1 Å². The molecule has 1 fully saturated rings. The third-order valence-corrected chi connectivity index (χ3v) is 4.43. The molecular weight excluding hydrogens is 344 g/mol. The summed E-state index contributed by atoms with van der Waals surface area (Å²) >= 11 is 0. The fourth-order valence-corrected chi connectivity index (χ4v) is 2.78. The summed E-state index contributed by atoms with van der Waals surface area (Å²) in [4.78, 5) is 35.2. The second-order valence-electron chi connectivity index (χ2n) is 6.08. The van der Waals surface area contributed by atoms with E-state index in [9.17, 15) is 24.8 Å². The van der Waals surface area contributed by atoms with Crippen molar-refractivity contribution in [3.05, 3.63) is 52.3 Å². The topological polar surface area (TPSA) is 139 Å². The van der Waals surface area contributed by atoms with Crippen LogP contribution in [0.2, 0.25) is 0 Å². The number of benzene rings is 1. The van der Waals surface area contributed by atoms with Crippen LogP contribution in [0.3, 0.4) is 0 Å². The molecule has 2 aromatic rings. The third-order valence-electron chi connectivity index (χ3n) is 4.43. The van der Waals surface area contributed by atoms with Crippen LogP contribution in [0.15, 0.2) is 36.7 Å². The van der Waals surface area contributed by atoms with Crippen molar-refractivity contribution in [2.75, 3.05) is 13.1 Å². The summed E-state index contributed by atoms with van der Waals surface area (Å²) in [5.41, 5.74) is -0.964. The number of likely N-dealkylation sites (tertiary alicyclic amines) is 1. The lowest BCUT2D eigenvalue weighted by atomic mass is 9.91. The number of carbonyl (C=O) groups excluding carboxylic acids is 1. The molecule has 2 heterocycles. The van der Waals surface area contributed by atoms with E-state index >= 15 is 0 Å². The van der Waals surface area contributed by atoms with Crippen LogP contribution >= 0.6 is 0 Å². The summed E-state index contributed by atoms with van der Waals surface area (Å²) in [7, 11) is 0. The Hall–Kier alpha value is -3.27. The highest BCUT2D eigenvalue weighted by molar-refractivity contribution is 5.94. The monoisotopic (exact) mass is 360 g/mol. The van der Waals surface area contributed by atoms with Crippen molar-refractivity contribution in [3.63, 3.8) is 0 Å². The average Bonchev–Trinajstić information content (AvgIpc) is 3.12. The van der Waals surface area contributed by atoms with Gasteiger partial charge >= 0.3 is 5.97 Å². The first kappa shape index (κ1) is 17.5. The summed E-state index contributed by atoms with van der Waals surface area (Å²) in [6.07, 6.45) is 2.80. The van der Waals surface area contributed by atoms with E-state index in [-0.39, 0.29) is 37.5 Å². The average molecular weight is 360 g/mol. The summed E-state index contributed by atoms with van der Waals surface area (Å²) < 4.78 is 1.43. The van der Waals surface area contributed by atoms with Crippen molar-refractivity contribution in [2.24, 2.45) is 0 Å². The Kier molecular flexibility index (Phi) is 4.43. The molecule has 136 valence electrons. The van der Waals surface area contributed by atoms with Crippen LogP contribution in [0.1, 0.15) is 23.2 Å². The molecule has 26 heavy (non-hydrogen) atoms. The van der Waals surface area contributed by atoms with Crippen molar-refractivity contribution >= 4 is 17.6 Å². The van der Waals surface area contributed by atoms with E-state index in [0.29, 0.717) is 11.3 Å². The molecule has 1 saturated heterocycles. The number of carboxylic acids is 1. The molecule has 1 amide bonds. The zero-order valence-electron chi connectivity index (χ0n) is 13.6. The van der Waals surface area contributed by atoms with E-state index in [1.807, 2.05) is 0 Å². The van der Waals surface area contributed by atoms with E-state index in [1.54, 1.807) is 0 Å². The second kappa shape index (κ2) is 6.56. The van der Waals surface area contributed by atoms with Crippen molar-refractivity contribution in [1.82, 2.24) is 14.7 Å². The Balaban J connectivity index is 1.71. The lowest BCUT2D eigenvalue weighted by Gasteiger charge is -2.35. The maximum Gasteiger partial charge on any atom is 0.335 e. The second-order valence-corrected chi connectivity index (χ2v) is 6.08. The Labute approximate surface area is 147 Å². The summed E-state index contributed by atoms with van der Waals surface area (Å²) in [6.45, 7) is 0.259. The van der Waals surface area contributed by atoms with Gasteiger partial charge in [-0.25, -0.2) is 9.48 Å².